The molecule has 23 heavy (non-hydrogen) atoms. The number of thiophene rings is 1. The molecule has 0 spiro atoms. The summed E-state index contributed by atoms with van der Waals surface area (Å²) in [6, 6.07) is 1.51. The molecule has 1 aliphatic rings. The first-order chi connectivity index (χ1) is 10.8. The van der Waals surface area contributed by atoms with Gasteiger partial charge in [0.25, 0.3) is 0 Å². The van der Waals surface area contributed by atoms with Gasteiger partial charge in [-0.3, -0.25) is 4.68 Å². The molecular formula is C14H19ClN4O2S2. The quantitative estimate of drug-likeness (QED) is 0.892. The minimum atomic E-state index is -3.53. The average Bonchev–Trinajstić information content (AvgIpc) is 3.06. The second-order valence-corrected chi connectivity index (χ2v) is 9.40. The van der Waals surface area contributed by atoms with Crippen LogP contribution >= 0.6 is 22.9 Å². The van der Waals surface area contributed by atoms with Gasteiger partial charge in [0.2, 0.25) is 10.0 Å². The molecule has 0 bridgehead atoms. The van der Waals surface area contributed by atoms with Crippen molar-refractivity contribution in [3.63, 3.8) is 0 Å². The fraction of sp³-hybridized carbons (Fsp3) is 0.500. The van der Waals surface area contributed by atoms with Crippen molar-refractivity contribution in [3.05, 3.63) is 28.4 Å². The first-order valence-corrected chi connectivity index (χ1v) is 10.0. The minimum Gasteiger partial charge on any atom is -0.367 e. The van der Waals surface area contributed by atoms with Crippen molar-refractivity contribution in [2.75, 3.05) is 18.0 Å². The second-order valence-electron chi connectivity index (χ2n) is 5.80. The number of rotatable bonds is 4. The molecule has 1 fully saturated rings. The smallest absolute Gasteiger partial charge is 0.250 e. The Morgan fingerprint density at radius 3 is 2.87 bits per heavy atom. The molecule has 2 aromatic heterocycles. The largest absolute Gasteiger partial charge is 0.367 e. The number of nitrogens with zero attached hydrogens (tertiary/aromatic N) is 3. The van der Waals surface area contributed by atoms with Gasteiger partial charge in [0.05, 0.1) is 16.2 Å². The van der Waals surface area contributed by atoms with Crippen LogP contribution in [0.3, 0.4) is 0 Å². The molecule has 0 saturated carbocycles. The zero-order valence-corrected chi connectivity index (χ0v) is 15.4. The van der Waals surface area contributed by atoms with Crippen LogP contribution in [0.5, 0.6) is 0 Å². The first kappa shape index (κ1) is 16.8. The Hall–Kier alpha value is -1.09. The van der Waals surface area contributed by atoms with Gasteiger partial charge in [-0.1, -0.05) is 11.6 Å². The number of sulfonamides is 1. The van der Waals surface area contributed by atoms with E-state index >= 15 is 0 Å². The molecule has 3 rings (SSSR count). The molecular weight excluding hydrogens is 356 g/mol. The summed E-state index contributed by atoms with van der Waals surface area (Å²) in [7, 11) is -1.65. The van der Waals surface area contributed by atoms with Gasteiger partial charge in [-0.05, 0) is 31.4 Å². The van der Waals surface area contributed by atoms with E-state index in [2.05, 4.69) is 14.7 Å². The molecule has 0 radical (unpaired) electrons. The van der Waals surface area contributed by atoms with E-state index in [9.17, 15) is 8.42 Å². The number of aromatic nitrogens is 2. The SMILES string of the molecule is Cc1cc(S(=O)(=O)NC2CCCN(c3cnn(C)c3)C2)sc1Cl. The number of hydrogen-bond donors (Lipinski definition) is 1. The van der Waals surface area contributed by atoms with E-state index in [0.717, 1.165) is 42.0 Å². The fourth-order valence-electron chi connectivity index (χ4n) is 2.72. The van der Waals surface area contributed by atoms with Gasteiger partial charge in [-0.15, -0.1) is 11.3 Å². The van der Waals surface area contributed by atoms with Crippen LogP contribution < -0.4 is 9.62 Å². The maximum atomic E-state index is 12.5. The van der Waals surface area contributed by atoms with E-state index in [0.29, 0.717) is 10.9 Å². The Balaban J connectivity index is 1.72. The van der Waals surface area contributed by atoms with E-state index < -0.39 is 10.0 Å². The minimum absolute atomic E-state index is 0.116. The maximum absolute atomic E-state index is 12.5. The highest BCUT2D eigenvalue weighted by Gasteiger charge is 2.27. The van der Waals surface area contributed by atoms with Crippen molar-refractivity contribution in [1.82, 2.24) is 14.5 Å². The third kappa shape index (κ3) is 3.71. The molecule has 1 aliphatic heterocycles. The molecule has 1 saturated heterocycles. The first-order valence-electron chi connectivity index (χ1n) is 7.37. The number of nitrogens with one attached hydrogen (secondary N) is 1. The van der Waals surface area contributed by atoms with Gasteiger partial charge < -0.3 is 4.90 Å². The van der Waals surface area contributed by atoms with Crippen LogP contribution in [-0.2, 0) is 17.1 Å². The van der Waals surface area contributed by atoms with Crippen molar-refractivity contribution in [1.29, 1.82) is 0 Å². The molecule has 2 aromatic rings. The van der Waals surface area contributed by atoms with Crippen LogP contribution in [0.1, 0.15) is 18.4 Å². The Bertz CT molecular complexity index is 780. The normalized spacial score (nSPS) is 19.3. The standard InChI is InChI=1S/C14H19ClN4O2S2/c1-10-6-13(22-14(10)15)23(20,21)17-11-4-3-5-19(8-11)12-7-16-18(2)9-12/h6-7,9,11,17H,3-5,8H2,1-2H3. The summed E-state index contributed by atoms with van der Waals surface area (Å²) in [4.78, 5) is 2.16. The summed E-state index contributed by atoms with van der Waals surface area (Å²) in [6.07, 6.45) is 5.51. The maximum Gasteiger partial charge on any atom is 0.250 e. The molecule has 0 aliphatic carbocycles. The van der Waals surface area contributed by atoms with Gasteiger partial charge in [-0.25, -0.2) is 13.1 Å². The third-order valence-electron chi connectivity index (χ3n) is 3.90. The van der Waals surface area contributed by atoms with Crippen molar-refractivity contribution >= 4 is 38.6 Å². The van der Waals surface area contributed by atoms with Crippen molar-refractivity contribution in [3.8, 4) is 0 Å². The summed E-state index contributed by atoms with van der Waals surface area (Å²) < 4.78 is 30.4. The third-order valence-corrected chi connectivity index (χ3v) is 7.45. The van der Waals surface area contributed by atoms with Gasteiger partial charge >= 0.3 is 0 Å². The van der Waals surface area contributed by atoms with Crippen LogP contribution in [0.15, 0.2) is 22.7 Å². The van der Waals surface area contributed by atoms with E-state index in [1.807, 2.05) is 20.2 Å². The average molecular weight is 375 g/mol. The zero-order valence-electron chi connectivity index (χ0n) is 13.0. The summed E-state index contributed by atoms with van der Waals surface area (Å²) >= 11 is 7.09. The molecule has 1 atom stereocenters. The van der Waals surface area contributed by atoms with Gasteiger partial charge in [0.15, 0.2) is 0 Å². The Kier molecular flexibility index (Phi) is 4.68. The van der Waals surface area contributed by atoms with Gasteiger partial charge in [-0.2, -0.15) is 5.10 Å². The highest BCUT2D eigenvalue weighted by molar-refractivity contribution is 7.91. The number of piperidine rings is 1. The molecule has 1 N–H and O–H groups in total. The Morgan fingerprint density at radius 2 is 2.26 bits per heavy atom. The van der Waals surface area contributed by atoms with E-state index in [1.54, 1.807) is 16.9 Å². The summed E-state index contributed by atoms with van der Waals surface area (Å²) in [6.45, 7) is 3.36. The molecule has 9 heteroatoms. The lowest BCUT2D eigenvalue weighted by atomic mass is 10.1. The second kappa shape index (κ2) is 6.43. The molecule has 6 nitrogen and oxygen atoms in total. The van der Waals surface area contributed by atoms with E-state index in [-0.39, 0.29) is 10.3 Å². The van der Waals surface area contributed by atoms with Crippen LogP contribution in [0, 0.1) is 6.92 Å². The lowest BCUT2D eigenvalue weighted by molar-refractivity contribution is 0.466. The van der Waals surface area contributed by atoms with E-state index in [1.165, 1.54) is 0 Å². The zero-order chi connectivity index (χ0) is 16.6. The Morgan fingerprint density at radius 1 is 1.48 bits per heavy atom. The number of aryl methyl sites for hydroxylation is 2. The summed E-state index contributed by atoms with van der Waals surface area (Å²) in [5.74, 6) is 0. The molecule has 0 aromatic carbocycles. The monoisotopic (exact) mass is 374 g/mol. The molecule has 3 heterocycles. The number of hydrogen-bond acceptors (Lipinski definition) is 5. The molecule has 1 unspecified atom stereocenters. The molecule has 126 valence electrons. The number of anilines is 1. The highest BCUT2D eigenvalue weighted by Crippen LogP contribution is 2.30. The predicted molar refractivity (Wildman–Crippen MR) is 92.8 cm³/mol. The van der Waals surface area contributed by atoms with E-state index in [4.69, 9.17) is 11.6 Å². The fourth-order valence-corrected chi connectivity index (χ4v) is 5.71. The van der Waals surface area contributed by atoms with Crippen molar-refractivity contribution in [2.45, 2.75) is 30.0 Å². The summed E-state index contributed by atoms with van der Waals surface area (Å²) in [5.41, 5.74) is 1.81. The van der Waals surface area contributed by atoms with Gasteiger partial charge in [0.1, 0.15) is 4.21 Å². The summed E-state index contributed by atoms with van der Waals surface area (Å²) in [5, 5.41) is 4.17. The highest BCUT2D eigenvalue weighted by atomic mass is 35.5. The van der Waals surface area contributed by atoms with Crippen molar-refractivity contribution in [2.24, 2.45) is 7.05 Å². The lowest BCUT2D eigenvalue weighted by Crippen LogP contribution is -2.47. The topological polar surface area (TPSA) is 67.2 Å². The molecule has 0 amide bonds. The van der Waals surface area contributed by atoms with Crippen LogP contribution in [-0.4, -0.2) is 37.3 Å². The van der Waals surface area contributed by atoms with Gasteiger partial charge in [0, 0.05) is 32.4 Å². The number of halogens is 1. The van der Waals surface area contributed by atoms with Crippen LogP contribution in [0.4, 0.5) is 5.69 Å². The van der Waals surface area contributed by atoms with Crippen LogP contribution in [0.2, 0.25) is 4.34 Å². The Labute approximate surface area is 145 Å². The van der Waals surface area contributed by atoms with Crippen LogP contribution in [0.25, 0.3) is 0 Å². The van der Waals surface area contributed by atoms with Crippen molar-refractivity contribution < 1.29 is 8.42 Å². The lowest BCUT2D eigenvalue weighted by Gasteiger charge is -2.33. The predicted octanol–water partition coefficient (Wildman–Crippen LogP) is 2.39.